The number of ether oxygens (including phenoxy) is 1. The van der Waals surface area contributed by atoms with Gasteiger partial charge < -0.3 is 15.8 Å². The van der Waals surface area contributed by atoms with Crippen LogP contribution >= 0.6 is 0 Å². The summed E-state index contributed by atoms with van der Waals surface area (Å²) in [7, 11) is 0. The van der Waals surface area contributed by atoms with Gasteiger partial charge in [0.1, 0.15) is 0 Å². The van der Waals surface area contributed by atoms with Crippen LogP contribution in [0.2, 0.25) is 0 Å². The SMILES string of the molecule is CC(NC(=O)COC(=O)c1ccc([N+](=O)[O-])cc1N)c1ccccc1. The van der Waals surface area contributed by atoms with Gasteiger partial charge in [-0.1, -0.05) is 30.3 Å². The molecule has 0 heterocycles. The molecule has 0 fully saturated rings. The largest absolute Gasteiger partial charge is 0.452 e. The summed E-state index contributed by atoms with van der Waals surface area (Å²) in [6.45, 7) is 1.33. The second-order valence-electron chi connectivity index (χ2n) is 5.30. The number of nitrogens with two attached hydrogens (primary N) is 1. The zero-order valence-electron chi connectivity index (χ0n) is 13.5. The van der Waals surface area contributed by atoms with Gasteiger partial charge >= 0.3 is 5.97 Å². The van der Waals surface area contributed by atoms with Crippen molar-refractivity contribution in [2.45, 2.75) is 13.0 Å². The Bertz CT molecular complexity index is 792. The molecule has 1 atom stereocenters. The third kappa shape index (κ3) is 4.77. The molecule has 0 bridgehead atoms. The van der Waals surface area contributed by atoms with E-state index in [1.165, 1.54) is 6.07 Å². The molecule has 2 aromatic rings. The van der Waals surface area contributed by atoms with E-state index in [-0.39, 0.29) is 23.0 Å². The molecule has 0 aliphatic carbocycles. The molecule has 2 rings (SSSR count). The number of nitrogens with zero attached hydrogens (tertiary/aromatic N) is 1. The molecule has 0 spiro atoms. The summed E-state index contributed by atoms with van der Waals surface area (Å²) >= 11 is 0. The van der Waals surface area contributed by atoms with Crippen molar-refractivity contribution in [2.24, 2.45) is 0 Å². The number of hydrogen-bond donors (Lipinski definition) is 2. The lowest BCUT2D eigenvalue weighted by Crippen LogP contribution is -2.31. The molecule has 2 aromatic carbocycles. The number of carbonyl (C=O) groups excluding carboxylic acids is 2. The minimum absolute atomic E-state index is 0.0329. The van der Waals surface area contributed by atoms with Crippen molar-refractivity contribution in [3.63, 3.8) is 0 Å². The van der Waals surface area contributed by atoms with Gasteiger partial charge in [-0.3, -0.25) is 14.9 Å². The van der Waals surface area contributed by atoms with Crippen LogP contribution in [-0.4, -0.2) is 23.4 Å². The Balaban J connectivity index is 1.91. The molecule has 1 unspecified atom stereocenters. The van der Waals surface area contributed by atoms with Gasteiger partial charge in [0.05, 0.1) is 22.2 Å². The molecule has 8 heteroatoms. The number of amides is 1. The van der Waals surface area contributed by atoms with E-state index >= 15 is 0 Å². The third-order valence-electron chi connectivity index (χ3n) is 3.48. The van der Waals surface area contributed by atoms with Gasteiger partial charge in [-0.05, 0) is 18.6 Å². The molecule has 3 N–H and O–H groups in total. The predicted octanol–water partition coefficient (Wildman–Crippen LogP) is 2.21. The number of esters is 1. The van der Waals surface area contributed by atoms with E-state index in [0.717, 1.165) is 17.7 Å². The van der Waals surface area contributed by atoms with Crippen LogP contribution in [0.5, 0.6) is 0 Å². The minimum atomic E-state index is -0.824. The zero-order chi connectivity index (χ0) is 18.4. The van der Waals surface area contributed by atoms with Crippen LogP contribution in [0.25, 0.3) is 0 Å². The van der Waals surface area contributed by atoms with Gasteiger partial charge in [-0.15, -0.1) is 0 Å². The second kappa shape index (κ2) is 7.91. The molecular formula is C17H17N3O5. The summed E-state index contributed by atoms with van der Waals surface area (Å²) < 4.78 is 4.91. The lowest BCUT2D eigenvalue weighted by molar-refractivity contribution is -0.384. The van der Waals surface area contributed by atoms with Crippen LogP contribution in [-0.2, 0) is 9.53 Å². The average Bonchev–Trinajstić information content (AvgIpc) is 2.60. The number of nitrogen functional groups attached to an aromatic ring is 1. The first-order valence-electron chi connectivity index (χ1n) is 7.44. The highest BCUT2D eigenvalue weighted by Gasteiger charge is 2.17. The number of nitrogens with one attached hydrogen (secondary N) is 1. The monoisotopic (exact) mass is 343 g/mol. The van der Waals surface area contributed by atoms with E-state index in [1.807, 2.05) is 37.3 Å². The fourth-order valence-electron chi connectivity index (χ4n) is 2.17. The Kier molecular flexibility index (Phi) is 5.67. The lowest BCUT2D eigenvalue weighted by Gasteiger charge is -2.14. The normalized spacial score (nSPS) is 11.4. The Hall–Kier alpha value is -3.42. The second-order valence-corrected chi connectivity index (χ2v) is 5.30. The van der Waals surface area contributed by atoms with Crippen LogP contribution in [0.1, 0.15) is 28.9 Å². The highest BCUT2D eigenvalue weighted by Crippen LogP contribution is 2.20. The molecule has 0 saturated heterocycles. The first-order valence-corrected chi connectivity index (χ1v) is 7.44. The zero-order valence-corrected chi connectivity index (χ0v) is 13.5. The summed E-state index contributed by atoms with van der Waals surface area (Å²) in [4.78, 5) is 33.9. The Morgan fingerprint density at radius 2 is 1.92 bits per heavy atom. The number of nitro groups is 1. The maximum atomic E-state index is 12.0. The predicted molar refractivity (Wildman–Crippen MR) is 90.8 cm³/mol. The molecule has 0 saturated carbocycles. The standard InChI is InChI=1S/C17H17N3O5/c1-11(12-5-3-2-4-6-12)19-16(21)10-25-17(22)14-8-7-13(20(23)24)9-15(14)18/h2-9,11H,10,18H2,1H3,(H,19,21). The maximum absolute atomic E-state index is 12.0. The third-order valence-corrected chi connectivity index (χ3v) is 3.48. The van der Waals surface area contributed by atoms with Gasteiger partial charge in [-0.25, -0.2) is 4.79 Å². The van der Waals surface area contributed by atoms with Crippen LogP contribution in [0.3, 0.4) is 0 Å². The molecule has 0 aliphatic rings. The number of carbonyl (C=O) groups is 2. The Morgan fingerprint density at radius 1 is 1.24 bits per heavy atom. The van der Waals surface area contributed by atoms with E-state index < -0.39 is 23.4 Å². The Labute approximate surface area is 143 Å². The van der Waals surface area contributed by atoms with Crippen molar-refractivity contribution in [2.75, 3.05) is 12.3 Å². The first kappa shape index (κ1) is 17.9. The fourth-order valence-corrected chi connectivity index (χ4v) is 2.17. The topological polar surface area (TPSA) is 125 Å². The molecule has 25 heavy (non-hydrogen) atoms. The quantitative estimate of drug-likeness (QED) is 0.358. The Morgan fingerprint density at radius 3 is 2.52 bits per heavy atom. The van der Waals surface area contributed by atoms with Crippen LogP contribution in [0.15, 0.2) is 48.5 Å². The van der Waals surface area contributed by atoms with Gasteiger partial charge in [0.15, 0.2) is 6.61 Å². The smallest absolute Gasteiger partial charge is 0.340 e. The van der Waals surface area contributed by atoms with E-state index in [9.17, 15) is 19.7 Å². The van der Waals surface area contributed by atoms with Gasteiger partial charge in [0.25, 0.3) is 11.6 Å². The fraction of sp³-hybridized carbons (Fsp3) is 0.176. The first-order chi connectivity index (χ1) is 11.9. The molecule has 8 nitrogen and oxygen atoms in total. The van der Waals surface area contributed by atoms with Crippen LogP contribution < -0.4 is 11.1 Å². The van der Waals surface area contributed by atoms with Gasteiger partial charge in [-0.2, -0.15) is 0 Å². The number of rotatable bonds is 6. The van der Waals surface area contributed by atoms with E-state index in [1.54, 1.807) is 0 Å². The van der Waals surface area contributed by atoms with E-state index in [2.05, 4.69) is 5.32 Å². The van der Waals surface area contributed by atoms with Crippen molar-refractivity contribution in [1.29, 1.82) is 0 Å². The van der Waals surface area contributed by atoms with Crippen LogP contribution in [0.4, 0.5) is 11.4 Å². The highest BCUT2D eigenvalue weighted by molar-refractivity contribution is 5.96. The molecule has 130 valence electrons. The van der Waals surface area contributed by atoms with Crippen molar-refractivity contribution >= 4 is 23.3 Å². The number of nitro benzene ring substituents is 1. The molecule has 0 aromatic heterocycles. The van der Waals surface area contributed by atoms with Crippen molar-refractivity contribution in [1.82, 2.24) is 5.32 Å². The molecule has 0 aliphatic heterocycles. The summed E-state index contributed by atoms with van der Waals surface area (Å²) in [6, 6.07) is 12.5. The number of hydrogen-bond acceptors (Lipinski definition) is 6. The van der Waals surface area contributed by atoms with E-state index in [4.69, 9.17) is 10.5 Å². The molecule has 0 radical (unpaired) electrons. The summed E-state index contributed by atoms with van der Waals surface area (Å²) in [5.74, 6) is -1.29. The van der Waals surface area contributed by atoms with Gasteiger partial charge in [0.2, 0.25) is 0 Å². The summed E-state index contributed by atoms with van der Waals surface area (Å²) in [5.41, 5.74) is 6.18. The maximum Gasteiger partial charge on any atom is 0.340 e. The van der Waals surface area contributed by atoms with Crippen molar-refractivity contribution < 1.29 is 19.2 Å². The minimum Gasteiger partial charge on any atom is -0.452 e. The van der Waals surface area contributed by atoms with Gasteiger partial charge in [0, 0.05) is 12.1 Å². The van der Waals surface area contributed by atoms with E-state index in [0.29, 0.717) is 0 Å². The average molecular weight is 343 g/mol. The summed E-state index contributed by atoms with van der Waals surface area (Å²) in [5, 5.41) is 13.4. The number of benzene rings is 2. The molecule has 1 amide bonds. The van der Waals surface area contributed by atoms with Crippen LogP contribution in [0, 0.1) is 10.1 Å². The van der Waals surface area contributed by atoms with Crippen molar-refractivity contribution in [3.8, 4) is 0 Å². The number of anilines is 1. The molecular weight excluding hydrogens is 326 g/mol. The highest BCUT2D eigenvalue weighted by atomic mass is 16.6. The van der Waals surface area contributed by atoms with Crippen molar-refractivity contribution in [3.05, 3.63) is 69.8 Å². The lowest BCUT2D eigenvalue weighted by atomic mass is 10.1. The summed E-state index contributed by atoms with van der Waals surface area (Å²) in [6.07, 6.45) is 0. The number of non-ortho nitro benzene ring substituents is 1.